The Hall–Kier alpha value is -2.84. The first-order valence-corrected chi connectivity index (χ1v) is 9.62. The largest absolute Gasteiger partial charge is 0.381 e. The maximum atomic E-state index is 5.43. The highest BCUT2D eigenvalue weighted by atomic mass is 16.5. The first kappa shape index (κ1) is 17.6. The van der Waals surface area contributed by atoms with Gasteiger partial charge in [0.25, 0.3) is 0 Å². The zero-order chi connectivity index (χ0) is 18.5. The molecule has 0 atom stereocenters. The molecule has 0 bridgehead atoms. The van der Waals surface area contributed by atoms with Crippen LogP contribution in [0.25, 0.3) is 16.9 Å². The average molecular weight is 360 g/mol. The fourth-order valence-electron chi connectivity index (χ4n) is 3.21. The summed E-state index contributed by atoms with van der Waals surface area (Å²) in [5.74, 6) is 7.26. The Kier molecular flexibility index (Phi) is 5.36. The number of ether oxygens (including phenoxy) is 1. The lowest BCUT2D eigenvalue weighted by Gasteiger charge is -2.23. The van der Waals surface area contributed by atoms with Crippen molar-refractivity contribution in [1.29, 1.82) is 0 Å². The van der Waals surface area contributed by atoms with E-state index in [2.05, 4.69) is 53.3 Å². The van der Waals surface area contributed by atoms with Crippen LogP contribution in [0.5, 0.6) is 0 Å². The first-order chi connectivity index (χ1) is 13.3. The summed E-state index contributed by atoms with van der Waals surface area (Å²) >= 11 is 0. The number of hydrogen-bond acceptors (Lipinski definition) is 4. The molecule has 5 nitrogen and oxygen atoms in total. The molecule has 27 heavy (non-hydrogen) atoms. The van der Waals surface area contributed by atoms with Crippen LogP contribution < -0.4 is 5.32 Å². The Labute approximate surface area is 159 Å². The number of nitrogens with zero attached hydrogens (tertiary/aromatic N) is 3. The van der Waals surface area contributed by atoms with Crippen molar-refractivity contribution in [2.24, 2.45) is 0 Å². The van der Waals surface area contributed by atoms with Crippen LogP contribution in [0, 0.1) is 11.8 Å². The normalized spacial score (nSPS) is 14.7. The molecule has 1 aliphatic heterocycles. The van der Waals surface area contributed by atoms with Crippen molar-refractivity contribution in [3.05, 3.63) is 48.2 Å². The Balaban J connectivity index is 1.58. The van der Waals surface area contributed by atoms with Gasteiger partial charge in [-0.1, -0.05) is 30.9 Å². The zero-order valence-electron chi connectivity index (χ0n) is 15.6. The molecule has 3 aromatic rings. The minimum atomic E-state index is 0.414. The molecule has 2 aromatic heterocycles. The minimum absolute atomic E-state index is 0.414. The summed E-state index contributed by atoms with van der Waals surface area (Å²) in [6.07, 6.45) is 5.91. The summed E-state index contributed by atoms with van der Waals surface area (Å²) in [5, 5.41) is 8.28. The van der Waals surface area contributed by atoms with Crippen molar-refractivity contribution in [3.8, 4) is 23.1 Å². The van der Waals surface area contributed by atoms with Gasteiger partial charge in [0.05, 0.1) is 11.9 Å². The number of hydrogen-bond donors (Lipinski definition) is 1. The third-order valence-electron chi connectivity index (χ3n) is 4.72. The lowest BCUT2D eigenvalue weighted by atomic mass is 10.1. The Bertz CT molecular complexity index is 959. The molecular formula is C22H24N4O. The lowest BCUT2D eigenvalue weighted by Crippen LogP contribution is -2.28. The van der Waals surface area contributed by atoms with Gasteiger partial charge in [0.2, 0.25) is 0 Å². The van der Waals surface area contributed by atoms with E-state index in [1.807, 2.05) is 22.8 Å². The quantitative estimate of drug-likeness (QED) is 0.711. The minimum Gasteiger partial charge on any atom is -0.381 e. The van der Waals surface area contributed by atoms with E-state index in [4.69, 9.17) is 9.84 Å². The summed E-state index contributed by atoms with van der Waals surface area (Å²) in [4.78, 5) is 4.49. The summed E-state index contributed by atoms with van der Waals surface area (Å²) in [5.41, 5.74) is 3.94. The average Bonchev–Trinajstić information content (AvgIpc) is 3.13. The van der Waals surface area contributed by atoms with Crippen molar-refractivity contribution in [3.63, 3.8) is 0 Å². The van der Waals surface area contributed by atoms with E-state index in [9.17, 15) is 0 Å². The van der Waals surface area contributed by atoms with Crippen molar-refractivity contribution < 1.29 is 4.74 Å². The van der Waals surface area contributed by atoms with Gasteiger partial charge in [-0.05, 0) is 43.5 Å². The van der Waals surface area contributed by atoms with Gasteiger partial charge in [0.1, 0.15) is 5.82 Å². The SMILES string of the molecule is CCCC#Cc1ccc(-c2cnc3ccc(NC4CCOCC4)nn23)cc1. The monoisotopic (exact) mass is 360 g/mol. The van der Waals surface area contributed by atoms with Crippen LogP contribution >= 0.6 is 0 Å². The van der Waals surface area contributed by atoms with E-state index >= 15 is 0 Å². The molecule has 1 saturated heterocycles. The summed E-state index contributed by atoms with van der Waals surface area (Å²) in [6.45, 7) is 3.76. The maximum absolute atomic E-state index is 5.43. The van der Waals surface area contributed by atoms with Gasteiger partial charge >= 0.3 is 0 Å². The van der Waals surface area contributed by atoms with Gasteiger partial charge in [-0.2, -0.15) is 0 Å². The van der Waals surface area contributed by atoms with Crippen LogP contribution in [-0.2, 0) is 4.74 Å². The number of anilines is 1. The molecule has 1 aliphatic rings. The van der Waals surface area contributed by atoms with E-state index in [1.54, 1.807) is 0 Å². The predicted molar refractivity (Wildman–Crippen MR) is 108 cm³/mol. The van der Waals surface area contributed by atoms with Crippen LogP contribution in [0.1, 0.15) is 38.2 Å². The van der Waals surface area contributed by atoms with Gasteiger partial charge in [-0.3, -0.25) is 0 Å². The molecule has 0 unspecified atom stereocenters. The molecule has 3 heterocycles. The van der Waals surface area contributed by atoms with Crippen molar-refractivity contribution in [2.75, 3.05) is 18.5 Å². The highest BCUT2D eigenvalue weighted by Crippen LogP contribution is 2.22. The fraction of sp³-hybridized carbons (Fsp3) is 0.364. The fourth-order valence-corrected chi connectivity index (χ4v) is 3.21. The second-order valence-electron chi connectivity index (χ2n) is 6.79. The van der Waals surface area contributed by atoms with Crippen LogP contribution in [0.3, 0.4) is 0 Å². The molecule has 4 rings (SSSR count). The van der Waals surface area contributed by atoms with Gasteiger partial charge < -0.3 is 10.1 Å². The van der Waals surface area contributed by atoms with E-state index in [1.165, 1.54) is 0 Å². The molecule has 138 valence electrons. The predicted octanol–water partition coefficient (Wildman–Crippen LogP) is 4.14. The molecule has 0 spiro atoms. The van der Waals surface area contributed by atoms with E-state index in [0.29, 0.717) is 6.04 Å². The number of aromatic nitrogens is 3. The van der Waals surface area contributed by atoms with Crippen molar-refractivity contribution in [1.82, 2.24) is 14.6 Å². The highest BCUT2D eigenvalue weighted by Gasteiger charge is 2.15. The number of imidazole rings is 1. The third kappa shape index (κ3) is 4.12. The lowest BCUT2D eigenvalue weighted by molar-refractivity contribution is 0.0903. The Morgan fingerprint density at radius 1 is 1.15 bits per heavy atom. The van der Waals surface area contributed by atoms with Gasteiger partial charge in [0.15, 0.2) is 5.65 Å². The first-order valence-electron chi connectivity index (χ1n) is 9.62. The second-order valence-corrected chi connectivity index (χ2v) is 6.79. The molecule has 0 aliphatic carbocycles. The maximum Gasteiger partial charge on any atom is 0.154 e. The molecule has 1 aromatic carbocycles. The standard InChI is InChI=1S/C22H24N4O/c1-2-3-4-5-17-6-8-18(9-7-17)20-16-23-22-11-10-21(25-26(20)22)24-19-12-14-27-15-13-19/h6-11,16,19H,2-3,12-15H2,1H3,(H,24,25). The van der Waals surface area contributed by atoms with E-state index in [0.717, 1.165) is 67.2 Å². The molecule has 0 amide bonds. The van der Waals surface area contributed by atoms with Crippen molar-refractivity contribution >= 4 is 11.5 Å². The smallest absolute Gasteiger partial charge is 0.154 e. The zero-order valence-corrected chi connectivity index (χ0v) is 15.6. The molecule has 1 fully saturated rings. The van der Waals surface area contributed by atoms with Crippen LogP contribution in [0.4, 0.5) is 5.82 Å². The molecule has 1 N–H and O–H groups in total. The van der Waals surface area contributed by atoms with Crippen LogP contribution in [0.15, 0.2) is 42.6 Å². The van der Waals surface area contributed by atoms with Gasteiger partial charge in [0, 0.05) is 36.8 Å². The van der Waals surface area contributed by atoms with E-state index in [-0.39, 0.29) is 0 Å². The number of fused-ring (bicyclic) bond motifs is 1. The molecule has 0 radical (unpaired) electrons. The summed E-state index contributed by atoms with van der Waals surface area (Å²) < 4.78 is 7.33. The van der Waals surface area contributed by atoms with Gasteiger partial charge in [-0.25, -0.2) is 9.50 Å². The second kappa shape index (κ2) is 8.24. The number of benzene rings is 1. The van der Waals surface area contributed by atoms with E-state index < -0.39 is 0 Å². The third-order valence-corrected chi connectivity index (χ3v) is 4.72. The molecule has 5 heteroatoms. The number of rotatable bonds is 4. The van der Waals surface area contributed by atoms with Crippen LogP contribution in [0.2, 0.25) is 0 Å². The molecule has 0 saturated carbocycles. The number of unbranched alkanes of at least 4 members (excludes halogenated alkanes) is 1. The summed E-state index contributed by atoms with van der Waals surface area (Å²) in [7, 11) is 0. The topological polar surface area (TPSA) is 51.5 Å². The Morgan fingerprint density at radius 3 is 2.74 bits per heavy atom. The number of nitrogens with one attached hydrogen (secondary N) is 1. The highest BCUT2D eigenvalue weighted by molar-refractivity contribution is 5.64. The van der Waals surface area contributed by atoms with Crippen LogP contribution in [-0.4, -0.2) is 33.9 Å². The van der Waals surface area contributed by atoms with Crippen molar-refractivity contribution in [2.45, 2.75) is 38.6 Å². The Morgan fingerprint density at radius 2 is 1.96 bits per heavy atom. The van der Waals surface area contributed by atoms with Gasteiger partial charge in [-0.15, -0.1) is 5.10 Å². The molecular weight excluding hydrogens is 336 g/mol. The summed E-state index contributed by atoms with van der Waals surface area (Å²) in [6, 6.07) is 12.7.